The van der Waals surface area contributed by atoms with Crippen LogP contribution < -0.4 is 15.4 Å². The van der Waals surface area contributed by atoms with Crippen molar-refractivity contribution >= 4 is 27.3 Å². The lowest BCUT2D eigenvalue weighted by molar-refractivity contribution is -0.116. The van der Waals surface area contributed by atoms with Crippen LogP contribution in [0.3, 0.4) is 0 Å². The molecule has 7 heteroatoms. The highest BCUT2D eigenvalue weighted by Crippen LogP contribution is 2.18. The van der Waals surface area contributed by atoms with Gasteiger partial charge >= 0.3 is 0 Å². The van der Waals surface area contributed by atoms with Crippen LogP contribution in [-0.4, -0.2) is 33.7 Å². The van der Waals surface area contributed by atoms with Gasteiger partial charge in [0.1, 0.15) is 0 Å². The van der Waals surface area contributed by atoms with Crippen LogP contribution in [0.15, 0.2) is 24.3 Å². The van der Waals surface area contributed by atoms with Crippen LogP contribution in [0, 0.1) is 5.92 Å². The van der Waals surface area contributed by atoms with E-state index in [9.17, 15) is 13.2 Å². The van der Waals surface area contributed by atoms with E-state index >= 15 is 0 Å². The molecule has 1 aromatic rings. The van der Waals surface area contributed by atoms with Gasteiger partial charge in [0.2, 0.25) is 15.9 Å². The van der Waals surface area contributed by atoms with Crippen LogP contribution in [0.4, 0.5) is 11.4 Å². The number of carbonyl (C=O) groups excluding carboxylic acids is 1. The summed E-state index contributed by atoms with van der Waals surface area (Å²) < 4.78 is 24.7. The van der Waals surface area contributed by atoms with Crippen molar-refractivity contribution in [2.75, 3.05) is 29.4 Å². The quantitative estimate of drug-likeness (QED) is 0.756. The first kappa shape index (κ1) is 14.8. The Kier molecular flexibility index (Phi) is 4.61. The Morgan fingerprint density at radius 2 is 2.15 bits per heavy atom. The molecule has 0 bridgehead atoms. The maximum Gasteiger partial charge on any atom is 0.229 e. The first-order valence-corrected chi connectivity index (χ1v) is 8.40. The highest BCUT2D eigenvalue weighted by Gasteiger charge is 2.18. The second-order valence-corrected chi connectivity index (χ2v) is 6.81. The minimum atomic E-state index is -3.31. The van der Waals surface area contributed by atoms with Gasteiger partial charge in [-0.15, -0.1) is 0 Å². The van der Waals surface area contributed by atoms with Crippen molar-refractivity contribution in [1.82, 2.24) is 5.32 Å². The Balaban J connectivity index is 1.95. The van der Waals surface area contributed by atoms with E-state index in [1.54, 1.807) is 24.3 Å². The topological polar surface area (TPSA) is 87.3 Å². The molecule has 1 fully saturated rings. The molecule has 0 aromatic heterocycles. The fourth-order valence-corrected chi connectivity index (χ4v) is 2.79. The number of anilines is 2. The molecule has 1 aliphatic heterocycles. The number of carbonyl (C=O) groups is 1. The van der Waals surface area contributed by atoms with E-state index in [1.807, 2.05) is 0 Å². The number of nitrogens with one attached hydrogen (secondary N) is 3. The van der Waals surface area contributed by atoms with Crippen molar-refractivity contribution in [1.29, 1.82) is 0 Å². The number of hydrogen-bond donors (Lipinski definition) is 3. The minimum Gasteiger partial charge on any atom is -0.326 e. The first-order valence-electron chi connectivity index (χ1n) is 6.51. The summed E-state index contributed by atoms with van der Waals surface area (Å²) in [5, 5.41) is 6.01. The Labute approximate surface area is 119 Å². The van der Waals surface area contributed by atoms with Gasteiger partial charge < -0.3 is 10.6 Å². The van der Waals surface area contributed by atoms with E-state index in [0.717, 1.165) is 25.8 Å². The Morgan fingerprint density at radius 3 is 2.80 bits per heavy atom. The van der Waals surface area contributed by atoms with E-state index < -0.39 is 10.0 Å². The average Bonchev–Trinajstić information content (AvgIpc) is 2.79. The Bertz CT molecular complexity index is 580. The molecule has 0 spiro atoms. The molecule has 1 aliphatic rings. The van der Waals surface area contributed by atoms with Crippen LogP contribution in [0.5, 0.6) is 0 Å². The summed E-state index contributed by atoms with van der Waals surface area (Å²) in [7, 11) is -3.31. The molecule has 1 amide bonds. The number of rotatable bonds is 5. The maximum absolute atomic E-state index is 11.9. The van der Waals surface area contributed by atoms with Gasteiger partial charge in [-0.1, -0.05) is 6.07 Å². The lowest BCUT2D eigenvalue weighted by Crippen LogP contribution is -2.18. The molecule has 1 unspecified atom stereocenters. The number of sulfonamides is 1. The SMILES string of the molecule is CS(=O)(=O)Nc1cccc(NC(=O)CC2CCNC2)c1. The number of hydrogen-bond acceptors (Lipinski definition) is 4. The van der Waals surface area contributed by atoms with Crippen molar-refractivity contribution in [2.45, 2.75) is 12.8 Å². The highest BCUT2D eigenvalue weighted by atomic mass is 32.2. The molecule has 2 rings (SSSR count). The van der Waals surface area contributed by atoms with Crippen LogP contribution in [-0.2, 0) is 14.8 Å². The predicted octanol–water partition coefficient (Wildman–Crippen LogP) is 0.996. The van der Waals surface area contributed by atoms with E-state index in [-0.39, 0.29) is 5.91 Å². The second-order valence-electron chi connectivity index (χ2n) is 5.07. The second kappa shape index (κ2) is 6.23. The summed E-state index contributed by atoms with van der Waals surface area (Å²) in [6.45, 7) is 1.84. The summed E-state index contributed by atoms with van der Waals surface area (Å²) in [5.41, 5.74) is 1.03. The van der Waals surface area contributed by atoms with Crippen molar-refractivity contribution < 1.29 is 13.2 Å². The van der Waals surface area contributed by atoms with Crippen molar-refractivity contribution in [3.63, 3.8) is 0 Å². The summed E-state index contributed by atoms with van der Waals surface area (Å²) in [5.74, 6) is 0.336. The lowest BCUT2D eigenvalue weighted by Gasteiger charge is -2.10. The monoisotopic (exact) mass is 297 g/mol. The molecule has 1 heterocycles. The third-order valence-corrected chi connectivity index (χ3v) is 3.69. The van der Waals surface area contributed by atoms with Crippen LogP contribution >= 0.6 is 0 Å². The fourth-order valence-electron chi connectivity index (χ4n) is 2.24. The van der Waals surface area contributed by atoms with Gasteiger partial charge in [0.15, 0.2) is 0 Å². The summed E-state index contributed by atoms with van der Waals surface area (Å²) >= 11 is 0. The summed E-state index contributed by atoms with van der Waals surface area (Å²) in [6.07, 6.45) is 2.59. The van der Waals surface area contributed by atoms with Crippen molar-refractivity contribution in [2.24, 2.45) is 5.92 Å². The van der Waals surface area contributed by atoms with E-state index in [0.29, 0.717) is 23.7 Å². The molecule has 1 atom stereocenters. The van der Waals surface area contributed by atoms with E-state index in [1.165, 1.54) is 0 Å². The molecule has 1 aromatic carbocycles. The standard InChI is InChI=1S/C13H19N3O3S/c1-20(18,19)16-12-4-2-3-11(8-12)15-13(17)7-10-5-6-14-9-10/h2-4,8,10,14,16H,5-7,9H2,1H3,(H,15,17). The molecular weight excluding hydrogens is 278 g/mol. The zero-order chi connectivity index (χ0) is 14.6. The van der Waals surface area contributed by atoms with Gasteiger partial charge in [-0.3, -0.25) is 9.52 Å². The van der Waals surface area contributed by atoms with Crippen LogP contribution in [0.2, 0.25) is 0 Å². The van der Waals surface area contributed by atoms with Gasteiger partial charge in [-0.25, -0.2) is 8.42 Å². The largest absolute Gasteiger partial charge is 0.326 e. The van der Waals surface area contributed by atoms with Crippen LogP contribution in [0.25, 0.3) is 0 Å². The van der Waals surface area contributed by atoms with Gasteiger partial charge in [-0.2, -0.15) is 0 Å². The van der Waals surface area contributed by atoms with Gasteiger partial charge in [0, 0.05) is 12.1 Å². The molecule has 20 heavy (non-hydrogen) atoms. The number of amides is 1. The summed E-state index contributed by atoms with van der Waals surface area (Å²) in [6, 6.07) is 6.67. The van der Waals surface area contributed by atoms with Crippen molar-refractivity contribution in [3.8, 4) is 0 Å². The molecule has 0 saturated carbocycles. The first-order chi connectivity index (χ1) is 9.42. The predicted molar refractivity (Wildman–Crippen MR) is 79.1 cm³/mol. The van der Waals surface area contributed by atoms with E-state index in [4.69, 9.17) is 0 Å². The van der Waals surface area contributed by atoms with Crippen LogP contribution in [0.1, 0.15) is 12.8 Å². The van der Waals surface area contributed by atoms with Gasteiger partial charge in [0.05, 0.1) is 11.9 Å². The third-order valence-electron chi connectivity index (χ3n) is 3.09. The molecule has 0 aliphatic carbocycles. The maximum atomic E-state index is 11.9. The Morgan fingerprint density at radius 1 is 1.40 bits per heavy atom. The smallest absolute Gasteiger partial charge is 0.229 e. The third kappa shape index (κ3) is 4.82. The molecule has 1 saturated heterocycles. The van der Waals surface area contributed by atoms with E-state index in [2.05, 4.69) is 15.4 Å². The van der Waals surface area contributed by atoms with Crippen molar-refractivity contribution in [3.05, 3.63) is 24.3 Å². The molecular formula is C13H19N3O3S. The Hall–Kier alpha value is -1.60. The highest BCUT2D eigenvalue weighted by molar-refractivity contribution is 7.92. The normalized spacial score (nSPS) is 18.8. The fraction of sp³-hybridized carbons (Fsp3) is 0.462. The molecule has 6 nitrogen and oxygen atoms in total. The lowest BCUT2D eigenvalue weighted by atomic mass is 10.0. The minimum absolute atomic E-state index is 0.0461. The molecule has 3 N–H and O–H groups in total. The zero-order valence-corrected chi connectivity index (χ0v) is 12.2. The van der Waals surface area contributed by atoms with Gasteiger partial charge in [0.25, 0.3) is 0 Å². The number of benzene rings is 1. The molecule has 110 valence electrons. The average molecular weight is 297 g/mol. The zero-order valence-electron chi connectivity index (χ0n) is 11.3. The summed E-state index contributed by atoms with van der Waals surface area (Å²) in [4.78, 5) is 11.9. The van der Waals surface area contributed by atoms with Gasteiger partial charge in [-0.05, 0) is 43.6 Å². The molecule has 0 radical (unpaired) electrons.